The fourth-order valence-electron chi connectivity index (χ4n) is 2.85. The van der Waals surface area contributed by atoms with Crippen molar-refractivity contribution in [1.29, 1.82) is 0 Å². The summed E-state index contributed by atoms with van der Waals surface area (Å²) in [6, 6.07) is 11.5. The lowest BCUT2D eigenvalue weighted by molar-refractivity contribution is 0.0967. The zero-order chi connectivity index (χ0) is 16.4. The Hall–Kier alpha value is -1.82. The topological polar surface area (TPSA) is 39.7 Å². The highest BCUT2D eigenvalue weighted by molar-refractivity contribution is 7.07. The van der Waals surface area contributed by atoms with Crippen molar-refractivity contribution in [1.82, 2.24) is 4.57 Å². The van der Waals surface area contributed by atoms with Crippen LogP contribution >= 0.6 is 22.9 Å². The Labute approximate surface area is 149 Å². The molecule has 0 amide bonds. The van der Waals surface area contributed by atoms with Crippen molar-refractivity contribution in [3.8, 4) is 11.5 Å². The van der Waals surface area contributed by atoms with Crippen molar-refractivity contribution < 1.29 is 9.15 Å². The quantitative estimate of drug-likeness (QED) is 0.665. The summed E-state index contributed by atoms with van der Waals surface area (Å²) in [5.74, 6) is 0.838. The molecule has 1 aromatic carbocycles. The van der Waals surface area contributed by atoms with Gasteiger partial charge in [-0.1, -0.05) is 23.7 Å². The van der Waals surface area contributed by atoms with Gasteiger partial charge in [-0.2, -0.15) is 0 Å². The average Bonchev–Trinajstić information content (AvgIpc) is 3.33. The SMILES string of the molecule is Clc1ccccc1N=c1scc(-c2ccco2)n1CC1CCCO1. The van der Waals surface area contributed by atoms with Gasteiger partial charge in [0.15, 0.2) is 10.6 Å². The number of rotatable bonds is 4. The number of benzene rings is 1. The van der Waals surface area contributed by atoms with Gasteiger partial charge in [0.05, 0.1) is 35.3 Å². The molecular formula is C18H17ClN2O2S. The summed E-state index contributed by atoms with van der Waals surface area (Å²) in [5.41, 5.74) is 1.79. The lowest BCUT2D eigenvalue weighted by atomic mass is 10.2. The summed E-state index contributed by atoms with van der Waals surface area (Å²) in [7, 11) is 0. The van der Waals surface area contributed by atoms with Crippen LogP contribution in [-0.2, 0) is 11.3 Å². The van der Waals surface area contributed by atoms with Crippen molar-refractivity contribution in [3.05, 3.63) is 57.9 Å². The van der Waals surface area contributed by atoms with Crippen LogP contribution in [0.15, 0.2) is 57.5 Å². The summed E-state index contributed by atoms with van der Waals surface area (Å²) in [4.78, 5) is 5.66. The van der Waals surface area contributed by atoms with Gasteiger partial charge in [0.1, 0.15) is 0 Å². The van der Waals surface area contributed by atoms with Crippen molar-refractivity contribution in [2.24, 2.45) is 4.99 Å². The van der Waals surface area contributed by atoms with Crippen LogP contribution < -0.4 is 4.80 Å². The van der Waals surface area contributed by atoms with Gasteiger partial charge in [0.25, 0.3) is 0 Å². The largest absolute Gasteiger partial charge is 0.463 e. The Bertz CT molecular complexity index is 877. The Kier molecular flexibility index (Phi) is 4.56. The molecule has 6 heteroatoms. The molecule has 0 radical (unpaired) electrons. The van der Waals surface area contributed by atoms with E-state index in [0.717, 1.165) is 47.9 Å². The van der Waals surface area contributed by atoms with Crippen molar-refractivity contribution in [2.75, 3.05) is 6.61 Å². The number of ether oxygens (including phenoxy) is 1. The van der Waals surface area contributed by atoms with E-state index in [1.807, 2.05) is 36.4 Å². The Balaban J connectivity index is 1.80. The van der Waals surface area contributed by atoms with E-state index in [-0.39, 0.29) is 6.10 Å². The van der Waals surface area contributed by atoms with E-state index in [2.05, 4.69) is 9.95 Å². The first kappa shape index (κ1) is 15.7. The molecule has 1 saturated heterocycles. The lowest BCUT2D eigenvalue weighted by Crippen LogP contribution is -2.23. The summed E-state index contributed by atoms with van der Waals surface area (Å²) in [5, 5.41) is 2.72. The van der Waals surface area contributed by atoms with E-state index in [1.54, 1.807) is 17.6 Å². The molecule has 0 saturated carbocycles. The highest BCUT2D eigenvalue weighted by Gasteiger charge is 2.19. The van der Waals surface area contributed by atoms with E-state index in [4.69, 9.17) is 25.7 Å². The highest BCUT2D eigenvalue weighted by atomic mass is 35.5. The van der Waals surface area contributed by atoms with Crippen LogP contribution in [0, 0.1) is 0 Å². The number of aromatic nitrogens is 1. The van der Waals surface area contributed by atoms with Crippen LogP contribution in [0.1, 0.15) is 12.8 Å². The van der Waals surface area contributed by atoms with Crippen LogP contribution in [0.25, 0.3) is 11.5 Å². The first-order chi connectivity index (χ1) is 11.8. The van der Waals surface area contributed by atoms with Gasteiger partial charge in [0.2, 0.25) is 0 Å². The van der Waals surface area contributed by atoms with Crippen LogP contribution in [0.5, 0.6) is 0 Å². The highest BCUT2D eigenvalue weighted by Crippen LogP contribution is 2.26. The number of nitrogens with zero attached hydrogens (tertiary/aromatic N) is 2. The number of hydrogen-bond acceptors (Lipinski definition) is 4. The monoisotopic (exact) mass is 360 g/mol. The zero-order valence-corrected chi connectivity index (χ0v) is 14.6. The molecule has 3 heterocycles. The van der Waals surface area contributed by atoms with Gasteiger partial charge in [-0.05, 0) is 37.1 Å². The molecule has 1 unspecified atom stereocenters. The van der Waals surface area contributed by atoms with E-state index < -0.39 is 0 Å². The van der Waals surface area contributed by atoms with Gasteiger partial charge in [-0.3, -0.25) is 0 Å². The first-order valence-corrected chi connectivity index (χ1v) is 9.20. The summed E-state index contributed by atoms with van der Waals surface area (Å²) < 4.78 is 13.6. The molecule has 1 fully saturated rings. The minimum atomic E-state index is 0.221. The molecular weight excluding hydrogens is 344 g/mol. The Morgan fingerprint density at radius 2 is 2.17 bits per heavy atom. The molecule has 24 heavy (non-hydrogen) atoms. The van der Waals surface area contributed by atoms with Crippen molar-refractivity contribution >= 4 is 28.6 Å². The lowest BCUT2D eigenvalue weighted by Gasteiger charge is -2.13. The second-order valence-corrected chi connectivity index (χ2v) is 6.93. The molecule has 0 N–H and O–H groups in total. The summed E-state index contributed by atoms with van der Waals surface area (Å²) in [6.45, 7) is 1.60. The molecule has 4 rings (SSSR count). The van der Waals surface area contributed by atoms with Crippen LogP contribution in [0.4, 0.5) is 5.69 Å². The second-order valence-electron chi connectivity index (χ2n) is 5.69. The van der Waals surface area contributed by atoms with E-state index in [0.29, 0.717) is 5.02 Å². The Morgan fingerprint density at radius 1 is 1.25 bits per heavy atom. The third kappa shape index (κ3) is 3.20. The van der Waals surface area contributed by atoms with Gasteiger partial charge >= 0.3 is 0 Å². The van der Waals surface area contributed by atoms with Crippen LogP contribution in [-0.4, -0.2) is 17.3 Å². The van der Waals surface area contributed by atoms with Crippen molar-refractivity contribution in [2.45, 2.75) is 25.5 Å². The molecule has 2 aromatic heterocycles. The number of thiazole rings is 1. The number of hydrogen-bond donors (Lipinski definition) is 0. The maximum atomic E-state index is 6.26. The maximum Gasteiger partial charge on any atom is 0.190 e. The minimum absolute atomic E-state index is 0.221. The molecule has 4 nitrogen and oxygen atoms in total. The average molecular weight is 361 g/mol. The standard InChI is InChI=1S/C18H17ClN2O2S/c19-14-6-1-2-7-15(14)20-18-21(11-13-5-3-9-22-13)16(12-24-18)17-8-4-10-23-17/h1-2,4,6-8,10,12-13H,3,5,9,11H2. The molecule has 0 bridgehead atoms. The summed E-state index contributed by atoms with van der Waals surface area (Å²) in [6.07, 6.45) is 4.10. The third-order valence-electron chi connectivity index (χ3n) is 4.05. The van der Waals surface area contributed by atoms with Gasteiger partial charge in [-0.15, -0.1) is 11.3 Å². The van der Waals surface area contributed by atoms with Gasteiger partial charge in [-0.25, -0.2) is 4.99 Å². The fraction of sp³-hybridized carbons (Fsp3) is 0.278. The van der Waals surface area contributed by atoms with E-state index >= 15 is 0 Å². The first-order valence-electron chi connectivity index (χ1n) is 7.94. The van der Waals surface area contributed by atoms with Crippen molar-refractivity contribution in [3.63, 3.8) is 0 Å². The Morgan fingerprint density at radius 3 is 2.92 bits per heavy atom. The molecule has 124 valence electrons. The van der Waals surface area contributed by atoms with Gasteiger partial charge < -0.3 is 13.7 Å². The number of furan rings is 1. The van der Waals surface area contributed by atoms with Crippen LogP contribution in [0.3, 0.4) is 0 Å². The summed E-state index contributed by atoms with van der Waals surface area (Å²) >= 11 is 7.84. The molecule has 3 aromatic rings. The normalized spacial score (nSPS) is 18.4. The van der Waals surface area contributed by atoms with E-state index in [9.17, 15) is 0 Å². The fourth-order valence-corrected chi connectivity index (χ4v) is 3.94. The minimum Gasteiger partial charge on any atom is -0.463 e. The maximum absolute atomic E-state index is 6.26. The number of para-hydroxylation sites is 1. The van der Waals surface area contributed by atoms with Gasteiger partial charge in [0, 0.05) is 12.0 Å². The molecule has 0 spiro atoms. The zero-order valence-electron chi connectivity index (χ0n) is 13.0. The molecule has 1 aliphatic rings. The molecule has 0 aliphatic carbocycles. The van der Waals surface area contributed by atoms with E-state index in [1.165, 1.54) is 0 Å². The third-order valence-corrected chi connectivity index (χ3v) is 5.23. The number of halogens is 1. The predicted molar refractivity (Wildman–Crippen MR) is 95.7 cm³/mol. The predicted octanol–water partition coefficient (Wildman–Crippen LogP) is 4.87. The second kappa shape index (κ2) is 6.97. The van der Waals surface area contributed by atoms with Crippen LogP contribution in [0.2, 0.25) is 5.02 Å². The molecule has 1 aliphatic heterocycles. The molecule has 1 atom stereocenters. The smallest absolute Gasteiger partial charge is 0.190 e.